The molecule has 2 aromatic rings. The van der Waals surface area contributed by atoms with Crippen molar-refractivity contribution in [2.24, 2.45) is 11.7 Å². The molecular formula is C18H22N4O6S2. The second kappa shape index (κ2) is 8.98. The Bertz CT molecular complexity index is 1050. The molecule has 4 N–H and O–H groups in total. The summed E-state index contributed by atoms with van der Waals surface area (Å²) in [6.45, 7) is 4.16. The lowest BCUT2D eigenvalue weighted by Gasteiger charge is -2.22. The van der Waals surface area contributed by atoms with E-state index in [4.69, 9.17) is 15.2 Å². The van der Waals surface area contributed by atoms with Crippen LogP contribution in [0.3, 0.4) is 0 Å². The summed E-state index contributed by atoms with van der Waals surface area (Å²) >= 11 is 1.12. The van der Waals surface area contributed by atoms with Gasteiger partial charge in [0.1, 0.15) is 19.3 Å². The quantitative estimate of drug-likeness (QED) is 0.536. The van der Waals surface area contributed by atoms with Crippen LogP contribution in [0.5, 0.6) is 11.5 Å². The van der Waals surface area contributed by atoms with Crippen LogP contribution >= 0.6 is 11.3 Å². The zero-order valence-electron chi connectivity index (χ0n) is 16.4. The maximum atomic E-state index is 12.9. The minimum Gasteiger partial charge on any atom is -0.486 e. The minimum atomic E-state index is -4.01. The van der Waals surface area contributed by atoms with Crippen molar-refractivity contribution >= 4 is 38.3 Å². The highest BCUT2D eigenvalue weighted by Gasteiger charge is 2.30. The summed E-state index contributed by atoms with van der Waals surface area (Å²) in [4.78, 5) is 27.8. The number of hydrogen-bond donors (Lipinski definition) is 3. The Labute approximate surface area is 177 Å². The second-order valence-electron chi connectivity index (χ2n) is 6.92. The van der Waals surface area contributed by atoms with Gasteiger partial charge in [0, 0.05) is 11.4 Å². The molecule has 10 nitrogen and oxygen atoms in total. The third-order valence-corrected chi connectivity index (χ3v) is 6.44. The summed E-state index contributed by atoms with van der Waals surface area (Å²) < 4.78 is 39.0. The number of rotatable bonds is 8. The lowest BCUT2D eigenvalue weighted by molar-refractivity contribution is -0.119. The predicted octanol–water partition coefficient (Wildman–Crippen LogP) is 0.884. The molecule has 2 amide bonds. The summed E-state index contributed by atoms with van der Waals surface area (Å²) in [5, 5.41) is 4.44. The van der Waals surface area contributed by atoms with Crippen LogP contribution in [0.25, 0.3) is 0 Å². The molecule has 1 aliphatic rings. The number of benzene rings is 1. The molecule has 1 aromatic carbocycles. The van der Waals surface area contributed by atoms with Gasteiger partial charge < -0.3 is 20.5 Å². The minimum absolute atomic E-state index is 0.0387. The molecule has 2 heterocycles. The zero-order valence-corrected chi connectivity index (χ0v) is 18.0. The number of amides is 2. The third kappa shape index (κ3) is 5.26. The van der Waals surface area contributed by atoms with Crippen LogP contribution in [0, 0.1) is 5.92 Å². The van der Waals surface area contributed by atoms with Crippen molar-refractivity contribution in [2.45, 2.75) is 31.2 Å². The zero-order chi connectivity index (χ0) is 21.9. The summed E-state index contributed by atoms with van der Waals surface area (Å²) in [6.07, 6.45) is -0.0449. The van der Waals surface area contributed by atoms with Crippen molar-refractivity contribution in [2.75, 3.05) is 18.5 Å². The molecule has 0 spiro atoms. The van der Waals surface area contributed by atoms with Crippen LogP contribution in [0.15, 0.2) is 28.5 Å². The van der Waals surface area contributed by atoms with E-state index < -0.39 is 27.9 Å². The van der Waals surface area contributed by atoms with Crippen molar-refractivity contribution in [3.8, 4) is 11.5 Å². The maximum absolute atomic E-state index is 12.9. The van der Waals surface area contributed by atoms with Crippen molar-refractivity contribution in [1.29, 1.82) is 0 Å². The van der Waals surface area contributed by atoms with E-state index in [1.807, 2.05) is 0 Å². The molecule has 0 aliphatic carbocycles. The molecule has 0 radical (unpaired) electrons. The first kappa shape index (κ1) is 22.0. The number of carbonyl (C=O) groups excluding carboxylic acids is 2. The number of anilines is 1. The Morgan fingerprint density at radius 1 is 1.23 bits per heavy atom. The van der Waals surface area contributed by atoms with Gasteiger partial charge in [0.15, 0.2) is 16.6 Å². The average Bonchev–Trinajstić information content (AvgIpc) is 3.11. The fourth-order valence-electron chi connectivity index (χ4n) is 2.73. The van der Waals surface area contributed by atoms with Crippen LogP contribution in [0.2, 0.25) is 0 Å². The highest BCUT2D eigenvalue weighted by Crippen LogP contribution is 2.32. The van der Waals surface area contributed by atoms with E-state index in [9.17, 15) is 18.0 Å². The first-order chi connectivity index (χ1) is 14.2. The molecule has 1 aromatic heterocycles. The SMILES string of the molecule is CC(C)[C@H](NS(=O)(=O)c1ccc2c(c1)OCCO2)C(=O)Nc1nc(CC(N)=O)cs1. The van der Waals surface area contributed by atoms with Gasteiger partial charge in [0.25, 0.3) is 0 Å². The molecule has 30 heavy (non-hydrogen) atoms. The van der Waals surface area contributed by atoms with E-state index in [2.05, 4.69) is 15.0 Å². The number of nitrogens with zero attached hydrogens (tertiary/aromatic N) is 1. The number of carbonyl (C=O) groups is 2. The van der Waals surface area contributed by atoms with Gasteiger partial charge in [0.2, 0.25) is 21.8 Å². The number of nitrogens with one attached hydrogen (secondary N) is 2. The fourth-order valence-corrected chi connectivity index (χ4v) is 4.80. The highest BCUT2D eigenvalue weighted by atomic mass is 32.2. The van der Waals surface area contributed by atoms with Crippen LogP contribution in [0.1, 0.15) is 19.5 Å². The first-order valence-corrected chi connectivity index (χ1v) is 11.5. The van der Waals surface area contributed by atoms with Crippen molar-refractivity contribution in [1.82, 2.24) is 9.71 Å². The van der Waals surface area contributed by atoms with Crippen LogP contribution in [-0.4, -0.2) is 44.5 Å². The molecule has 3 rings (SSSR count). The average molecular weight is 455 g/mol. The molecule has 0 saturated heterocycles. The molecule has 12 heteroatoms. The van der Waals surface area contributed by atoms with Crippen LogP contribution < -0.4 is 25.2 Å². The van der Waals surface area contributed by atoms with Gasteiger partial charge in [0.05, 0.1) is 17.0 Å². The number of thiazole rings is 1. The monoisotopic (exact) mass is 454 g/mol. The molecule has 1 atom stereocenters. The van der Waals surface area contributed by atoms with E-state index in [0.29, 0.717) is 30.4 Å². The number of aromatic nitrogens is 1. The van der Waals surface area contributed by atoms with E-state index in [0.717, 1.165) is 11.3 Å². The first-order valence-electron chi connectivity index (χ1n) is 9.11. The smallest absolute Gasteiger partial charge is 0.244 e. The number of nitrogens with two attached hydrogens (primary N) is 1. The predicted molar refractivity (Wildman–Crippen MR) is 110 cm³/mol. The molecule has 0 saturated carbocycles. The molecular weight excluding hydrogens is 432 g/mol. The van der Waals surface area contributed by atoms with Crippen LogP contribution in [0.4, 0.5) is 5.13 Å². The number of sulfonamides is 1. The van der Waals surface area contributed by atoms with Gasteiger partial charge in [-0.3, -0.25) is 9.59 Å². The summed E-state index contributed by atoms with van der Waals surface area (Å²) in [5.74, 6) is -0.646. The topological polar surface area (TPSA) is 150 Å². The molecule has 162 valence electrons. The largest absolute Gasteiger partial charge is 0.486 e. The highest BCUT2D eigenvalue weighted by molar-refractivity contribution is 7.89. The van der Waals surface area contributed by atoms with E-state index in [-0.39, 0.29) is 22.4 Å². The third-order valence-electron chi connectivity index (χ3n) is 4.19. The standard InChI is InChI=1S/C18H22N4O6S2/c1-10(2)16(17(24)21-18-20-11(9-29-18)7-15(19)23)22-30(25,26)12-3-4-13-14(8-12)28-6-5-27-13/h3-4,8-10,16,22H,5-7H2,1-2H3,(H2,19,23)(H,20,21,24)/t16-/m0/s1. The van der Waals surface area contributed by atoms with Gasteiger partial charge >= 0.3 is 0 Å². The van der Waals surface area contributed by atoms with Crippen molar-refractivity contribution in [3.63, 3.8) is 0 Å². The number of ether oxygens (including phenoxy) is 2. The molecule has 1 aliphatic heterocycles. The lowest BCUT2D eigenvalue weighted by Crippen LogP contribution is -2.47. The Kier molecular flexibility index (Phi) is 6.58. The van der Waals surface area contributed by atoms with Gasteiger partial charge in [-0.2, -0.15) is 4.72 Å². The summed E-state index contributed by atoms with van der Waals surface area (Å²) in [6, 6.07) is 3.22. The van der Waals surface area contributed by atoms with Gasteiger partial charge in [-0.15, -0.1) is 11.3 Å². The molecule has 0 unspecified atom stereocenters. The Morgan fingerprint density at radius 3 is 2.60 bits per heavy atom. The molecule has 0 bridgehead atoms. The van der Waals surface area contributed by atoms with Gasteiger partial charge in [-0.05, 0) is 18.1 Å². The molecule has 0 fully saturated rings. The Morgan fingerprint density at radius 2 is 1.93 bits per heavy atom. The second-order valence-corrected chi connectivity index (χ2v) is 9.50. The summed E-state index contributed by atoms with van der Waals surface area (Å²) in [5.41, 5.74) is 5.57. The van der Waals surface area contributed by atoms with Gasteiger partial charge in [-0.1, -0.05) is 13.8 Å². The Hall–Kier alpha value is -2.70. The van der Waals surface area contributed by atoms with E-state index in [1.165, 1.54) is 18.2 Å². The lowest BCUT2D eigenvalue weighted by atomic mass is 10.1. The van der Waals surface area contributed by atoms with Crippen LogP contribution in [-0.2, 0) is 26.0 Å². The fraction of sp³-hybridized carbons (Fsp3) is 0.389. The number of fused-ring (bicyclic) bond motifs is 1. The number of primary amides is 1. The van der Waals surface area contributed by atoms with Crippen molar-refractivity contribution < 1.29 is 27.5 Å². The summed E-state index contributed by atoms with van der Waals surface area (Å²) in [7, 11) is -4.01. The number of hydrogen-bond acceptors (Lipinski definition) is 8. The van der Waals surface area contributed by atoms with E-state index >= 15 is 0 Å². The Balaban J connectivity index is 1.75. The normalized spacial score (nSPS) is 14.4. The maximum Gasteiger partial charge on any atom is 0.244 e. The van der Waals surface area contributed by atoms with E-state index in [1.54, 1.807) is 19.2 Å². The van der Waals surface area contributed by atoms with Crippen molar-refractivity contribution in [3.05, 3.63) is 29.3 Å². The van der Waals surface area contributed by atoms with Gasteiger partial charge in [-0.25, -0.2) is 13.4 Å².